The molecule has 0 bridgehead atoms. The predicted octanol–water partition coefficient (Wildman–Crippen LogP) is 4.55. The van der Waals surface area contributed by atoms with Gasteiger partial charge in [0.2, 0.25) is 9.84 Å². The van der Waals surface area contributed by atoms with Crippen LogP contribution >= 0.6 is 0 Å². The molecule has 33 heavy (non-hydrogen) atoms. The normalized spacial score (nSPS) is 16.4. The molecule has 0 radical (unpaired) electrons. The molecule has 0 unspecified atom stereocenters. The van der Waals surface area contributed by atoms with Crippen molar-refractivity contribution in [2.24, 2.45) is 5.92 Å². The zero-order chi connectivity index (χ0) is 24.0. The van der Waals surface area contributed by atoms with Crippen molar-refractivity contribution in [3.8, 4) is 0 Å². The van der Waals surface area contributed by atoms with Gasteiger partial charge in [-0.25, -0.2) is 26.8 Å². The van der Waals surface area contributed by atoms with E-state index in [2.05, 4.69) is 30.3 Å². The first-order valence-corrected chi connectivity index (χ1v) is 14.7. The molecule has 2 heterocycles. The second-order valence-corrected chi connectivity index (χ2v) is 14.0. The summed E-state index contributed by atoms with van der Waals surface area (Å²) in [6.45, 7) is 7.26. The highest BCUT2D eigenvalue weighted by Crippen LogP contribution is 2.33. The van der Waals surface area contributed by atoms with E-state index in [-0.39, 0.29) is 20.2 Å². The minimum Gasteiger partial charge on any atom is -0.327 e. The van der Waals surface area contributed by atoms with E-state index in [9.17, 15) is 16.8 Å². The third-order valence-corrected chi connectivity index (χ3v) is 9.00. The topological polar surface area (TPSA) is 99.0 Å². The Hall–Kier alpha value is -2.26. The number of benzene rings is 1. The standard InChI is InChI=1S/C24H31N3O4S2/c1-24(2,3)23-26-20-14-18(10-12-21(20)27(23)16-17-8-6-5-7-9-17)33(30,31)19-11-13-22(25-15-19)32(4,28)29/h10-15,17H,5-9,16H2,1-4H3. The van der Waals surface area contributed by atoms with Gasteiger partial charge >= 0.3 is 0 Å². The number of fused-ring (bicyclic) bond motifs is 1. The molecule has 1 saturated carbocycles. The molecule has 7 nitrogen and oxygen atoms in total. The molecule has 3 aromatic rings. The lowest BCUT2D eigenvalue weighted by atomic mass is 9.88. The van der Waals surface area contributed by atoms with E-state index in [1.807, 2.05) is 6.07 Å². The van der Waals surface area contributed by atoms with Gasteiger partial charge in [0.1, 0.15) is 5.82 Å². The van der Waals surface area contributed by atoms with Crippen LogP contribution in [0.1, 0.15) is 58.7 Å². The van der Waals surface area contributed by atoms with Gasteiger partial charge in [-0.2, -0.15) is 0 Å². The highest BCUT2D eigenvalue weighted by atomic mass is 32.2. The average molecular weight is 490 g/mol. The predicted molar refractivity (Wildman–Crippen MR) is 128 cm³/mol. The first-order chi connectivity index (χ1) is 15.4. The molecule has 0 atom stereocenters. The maximum Gasteiger partial charge on any atom is 0.208 e. The van der Waals surface area contributed by atoms with Gasteiger partial charge in [0, 0.05) is 24.4 Å². The molecular weight excluding hydrogens is 458 g/mol. The largest absolute Gasteiger partial charge is 0.327 e. The fourth-order valence-electron chi connectivity index (χ4n) is 4.54. The molecule has 4 rings (SSSR count). The second-order valence-electron chi connectivity index (χ2n) is 10.1. The highest BCUT2D eigenvalue weighted by molar-refractivity contribution is 7.91. The third kappa shape index (κ3) is 4.84. The first-order valence-electron chi connectivity index (χ1n) is 11.3. The summed E-state index contributed by atoms with van der Waals surface area (Å²) in [5.41, 5.74) is 1.41. The number of hydrogen-bond acceptors (Lipinski definition) is 6. The van der Waals surface area contributed by atoms with Crippen molar-refractivity contribution < 1.29 is 16.8 Å². The Morgan fingerprint density at radius 3 is 2.21 bits per heavy atom. The van der Waals surface area contributed by atoms with Crippen molar-refractivity contribution in [2.75, 3.05) is 6.26 Å². The lowest BCUT2D eigenvalue weighted by molar-refractivity contribution is 0.313. The Morgan fingerprint density at radius 2 is 1.64 bits per heavy atom. The summed E-state index contributed by atoms with van der Waals surface area (Å²) < 4.78 is 52.0. The monoisotopic (exact) mass is 489 g/mol. The number of aromatic nitrogens is 3. The van der Waals surface area contributed by atoms with Crippen LogP contribution in [-0.4, -0.2) is 37.6 Å². The van der Waals surface area contributed by atoms with Crippen LogP contribution in [0.4, 0.5) is 0 Å². The molecule has 9 heteroatoms. The van der Waals surface area contributed by atoms with Crippen LogP contribution < -0.4 is 0 Å². The van der Waals surface area contributed by atoms with Crippen LogP contribution in [0.25, 0.3) is 11.0 Å². The molecule has 0 aliphatic heterocycles. The minimum atomic E-state index is -3.87. The van der Waals surface area contributed by atoms with Crippen molar-refractivity contribution >= 4 is 30.7 Å². The highest BCUT2D eigenvalue weighted by Gasteiger charge is 2.27. The van der Waals surface area contributed by atoms with E-state index in [4.69, 9.17) is 4.98 Å². The molecule has 0 saturated heterocycles. The molecular formula is C24H31N3O4S2. The number of sulfone groups is 2. The Bertz CT molecular complexity index is 1380. The van der Waals surface area contributed by atoms with Gasteiger partial charge < -0.3 is 4.57 Å². The summed E-state index contributed by atoms with van der Waals surface area (Å²) in [4.78, 5) is 8.77. The Labute approximate surface area is 196 Å². The van der Waals surface area contributed by atoms with Gasteiger partial charge in [-0.05, 0) is 49.1 Å². The lowest BCUT2D eigenvalue weighted by Gasteiger charge is -2.26. The van der Waals surface area contributed by atoms with E-state index in [1.54, 1.807) is 12.1 Å². The minimum absolute atomic E-state index is 0.0491. The van der Waals surface area contributed by atoms with E-state index in [1.165, 1.54) is 44.2 Å². The van der Waals surface area contributed by atoms with Crippen molar-refractivity contribution in [3.05, 3.63) is 42.4 Å². The van der Waals surface area contributed by atoms with Crippen LogP contribution in [0.3, 0.4) is 0 Å². The average Bonchev–Trinajstić information content (AvgIpc) is 3.12. The fourth-order valence-corrected chi connectivity index (χ4v) is 6.33. The summed E-state index contributed by atoms with van der Waals surface area (Å²) in [7, 11) is -7.37. The van der Waals surface area contributed by atoms with Gasteiger partial charge in [0.25, 0.3) is 0 Å². The van der Waals surface area contributed by atoms with Crippen LogP contribution in [0.15, 0.2) is 51.3 Å². The molecule has 1 fully saturated rings. The lowest BCUT2D eigenvalue weighted by Crippen LogP contribution is -2.22. The molecule has 1 aliphatic carbocycles. The summed E-state index contributed by atoms with van der Waals surface area (Å²) in [5.74, 6) is 1.57. The molecule has 178 valence electrons. The van der Waals surface area contributed by atoms with Crippen molar-refractivity contribution in [1.82, 2.24) is 14.5 Å². The second kappa shape index (κ2) is 8.51. The molecule has 1 aromatic carbocycles. The van der Waals surface area contributed by atoms with Crippen molar-refractivity contribution in [3.63, 3.8) is 0 Å². The van der Waals surface area contributed by atoms with Gasteiger partial charge in [-0.15, -0.1) is 0 Å². The molecule has 1 aliphatic rings. The molecule has 2 aromatic heterocycles. The number of pyridine rings is 1. The Balaban J connectivity index is 1.76. The summed E-state index contributed by atoms with van der Waals surface area (Å²) >= 11 is 0. The van der Waals surface area contributed by atoms with Crippen molar-refractivity contribution in [2.45, 2.75) is 79.7 Å². The number of nitrogens with zero attached hydrogens (tertiary/aromatic N) is 3. The number of rotatable bonds is 5. The maximum absolute atomic E-state index is 13.2. The fraction of sp³-hybridized carbons (Fsp3) is 0.500. The van der Waals surface area contributed by atoms with E-state index in [0.717, 1.165) is 30.3 Å². The van der Waals surface area contributed by atoms with Gasteiger partial charge in [-0.1, -0.05) is 40.0 Å². The smallest absolute Gasteiger partial charge is 0.208 e. The van der Waals surface area contributed by atoms with Crippen molar-refractivity contribution in [1.29, 1.82) is 0 Å². The van der Waals surface area contributed by atoms with Crippen LogP contribution in [0, 0.1) is 5.92 Å². The van der Waals surface area contributed by atoms with Crippen LogP contribution in [0.5, 0.6) is 0 Å². The SMILES string of the molecule is CC(C)(C)c1nc2cc(S(=O)(=O)c3ccc(S(C)(=O)=O)nc3)ccc2n1CC1CCCCC1. The van der Waals surface area contributed by atoms with E-state index >= 15 is 0 Å². The third-order valence-electron chi connectivity index (χ3n) is 6.27. The summed E-state index contributed by atoms with van der Waals surface area (Å²) in [5, 5.41) is -0.159. The molecule has 0 spiro atoms. The maximum atomic E-state index is 13.2. The molecule has 0 amide bonds. The zero-order valence-corrected chi connectivity index (χ0v) is 21.2. The van der Waals surface area contributed by atoms with Gasteiger partial charge in [0.15, 0.2) is 14.9 Å². The summed E-state index contributed by atoms with van der Waals surface area (Å²) in [6, 6.07) is 7.56. The van der Waals surface area contributed by atoms with Gasteiger partial charge in [0.05, 0.1) is 20.8 Å². The van der Waals surface area contributed by atoms with Gasteiger partial charge in [-0.3, -0.25) is 0 Å². The van der Waals surface area contributed by atoms with E-state index in [0.29, 0.717) is 11.4 Å². The first kappa shape index (κ1) is 23.9. The Kier molecular flexibility index (Phi) is 6.16. The molecule has 0 N–H and O–H groups in total. The summed E-state index contributed by atoms with van der Waals surface area (Å²) in [6.07, 6.45) is 8.38. The quantitative estimate of drug-likeness (QED) is 0.521. The number of imidazole rings is 1. The van der Waals surface area contributed by atoms with Crippen LogP contribution in [0.2, 0.25) is 0 Å². The number of hydrogen-bond donors (Lipinski definition) is 0. The van der Waals surface area contributed by atoms with Crippen LogP contribution in [-0.2, 0) is 31.6 Å². The zero-order valence-electron chi connectivity index (χ0n) is 19.6. The Morgan fingerprint density at radius 1 is 0.970 bits per heavy atom. The van der Waals surface area contributed by atoms with E-state index < -0.39 is 19.7 Å².